The van der Waals surface area contributed by atoms with Crippen molar-refractivity contribution in [3.8, 4) is 5.88 Å². The molecular weight excluding hydrogens is 311 g/mol. The van der Waals surface area contributed by atoms with Crippen molar-refractivity contribution in [3.63, 3.8) is 0 Å². The second kappa shape index (κ2) is 7.63. The molecule has 0 aliphatic carbocycles. The van der Waals surface area contributed by atoms with E-state index in [1.807, 2.05) is 7.05 Å². The van der Waals surface area contributed by atoms with Gasteiger partial charge in [-0.2, -0.15) is 13.2 Å². The number of halogens is 3. The Labute approximate surface area is 132 Å². The van der Waals surface area contributed by atoms with E-state index < -0.39 is 12.8 Å². The molecule has 0 saturated carbocycles. The highest BCUT2D eigenvalue weighted by Crippen LogP contribution is 2.20. The summed E-state index contributed by atoms with van der Waals surface area (Å²) in [6, 6.07) is 2.73. The van der Waals surface area contributed by atoms with Crippen LogP contribution in [0.4, 0.5) is 13.2 Å². The van der Waals surface area contributed by atoms with Gasteiger partial charge in [0.2, 0.25) is 5.88 Å². The molecule has 0 bridgehead atoms. The molecule has 128 valence electrons. The van der Waals surface area contributed by atoms with Crippen molar-refractivity contribution in [2.45, 2.75) is 19.0 Å². The normalized spacial score (nSPS) is 18.8. The summed E-state index contributed by atoms with van der Waals surface area (Å²) in [5.41, 5.74) is 0.356. The van der Waals surface area contributed by atoms with Crippen molar-refractivity contribution >= 4 is 5.91 Å². The minimum atomic E-state index is -4.41. The second-order valence-corrected chi connectivity index (χ2v) is 5.61. The number of carbonyl (C=O) groups excluding carboxylic acids is 1. The van der Waals surface area contributed by atoms with E-state index in [9.17, 15) is 18.0 Å². The van der Waals surface area contributed by atoms with E-state index in [-0.39, 0.29) is 11.8 Å². The van der Waals surface area contributed by atoms with Gasteiger partial charge in [0.1, 0.15) is 0 Å². The maximum absolute atomic E-state index is 12.4. The Bertz CT molecular complexity index is 518. The number of carbonyl (C=O) groups is 1. The number of hydrogen-bond acceptors (Lipinski definition) is 4. The standard InChI is InChI=1S/C15H20F3N3O2/c1-19-7-11-3-2-6-21(9-11)14(22)12-4-5-13(20-8-12)23-10-15(16,17)18/h4-5,8,11,19H,2-3,6-7,9-10H2,1H3. The lowest BCUT2D eigenvalue weighted by Crippen LogP contribution is -2.42. The third kappa shape index (κ3) is 5.38. The van der Waals surface area contributed by atoms with Crippen molar-refractivity contribution in [2.75, 3.05) is 33.3 Å². The second-order valence-electron chi connectivity index (χ2n) is 5.61. The Hall–Kier alpha value is -1.83. The number of aromatic nitrogens is 1. The van der Waals surface area contributed by atoms with Crippen LogP contribution < -0.4 is 10.1 Å². The van der Waals surface area contributed by atoms with E-state index in [1.54, 1.807) is 4.90 Å². The fourth-order valence-electron chi connectivity index (χ4n) is 2.64. The first-order chi connectivity index (χ1) is 10.9. The van der Waals surface area contributed by atoms with Gasteiger partial charge in [0, 0.05) is 25.4 Å². The molecule has 1 saturated heterocycles. The van der Waals surface area contributed by atoms with Crippen molar-refractivity contribution in [2.24, 2.45) is 5.92 Å². The van der Waals surface area contributed by atoms with Crippen molar-refractivity contribution in [3.05, 3.63) is 23.9 Å². The van der Waals surface area contributed by atoms with Crippen LogP contribution in [0, 0.1) is 5.92 Å². The Morgan fingerprint density at radius 2 is 2.26 bits per heavy atom. The average Bonchev–Trinajstić information content (AvgIpc) is 2.53. The van der Waals surface area contributed by atoms with Gasteiger partial charge in [0.05, 0.1) is 5.56 Å². The van der Waals surface area contributed by atoms with Gasteiger partial charge in [-0.3, -0.25) is 4.79 Å². The van der Waals surface area contributed by atoms with Gasteiger partial charge in [-0.05, 0) is 38.4 Å². The monoisotopic (exact) mass is 331 g/mol. The molecule has 2 rings (SSSR count). The molecule has 0 spiro atoms. The molecule has 5 nitrogen and oxygen atoms in total. The molecule has 2 heterocycles. The molecule has 1 aliphatic heterocycles. The number of amides is 1. The zero-order chi connectivity index (χ0) is 16.9. The van der Waals surface area contributed by atoms with Crippen LogP contribution in [0.3, 0.4) is 0 Å². The van der Waals surface area contributed by atoms with Crippen LogP contribution in [-0.4, -0.2) is 55.3 Å². The summed E-state index contributed by atoms with van der Waals surface area (Å²) in [7, 11) is 1.88. The highest BCUT2D eigenvalue weighted by Gasteiger charge is 2.29. The maximum atomic E-state index is 12.4. The minimum absolute atomic E-state index is 0.148. The molecule has 1 fully saturated rings. The van der Waals surface area contributed by atoms with E-state index in [4.69, 9.17) is 0 Å². The van der Waals surface area contributed by atoms with Gasteiger partial charge in [0.15, 0.2) is 6.61 Å². The van der Waals surface area contributed by atoms with E-state index in [2.05, 4.69) is 15.0 Å². The summed E-state index contributed by atoms with van der Waals surface area (Å²) in [6.07, 6.45) is -1.13. The number of nitrogens with zero attached hydrogens (tertiary/aromatic N) is 2. The van der Waals surface area contributed by atoms with Gasteiger partial charge in [0.25, 0.3) is 5.91 Å². The number of piperidine rings is 1. The number of likely N-dealkylation sites (tertiary alicyclic amines) is 1. The summed E-state index contributed by atoms with van der Waals surface area (Å²) >= 11 is 0. The van der Waals surface area contributed by atoms with Gasteiger partial charge in [-0.1, -0.05) is 0 Å². The molecule has 1 amide bonds. The van der Waals surface area contributed by atoms with E-state index in [1.165, 1.54) is 18.3 Å². The predicted octanol–water partition coefficient (Wildman–Crippen LogP) is 2.09. The Kier molecular flexibility index (Phi) is 5.81. The molecule has 0 radical (unpaired) electrons. The number of pyridine rings is 1. The number of hydrogen-bond donors (Lipinski definition) is 1. The van der Waals surface area contributed by atoms with Crippen molar-refractivity contribution in [1.29, 1.82) is 0 Å². The predicted molar refractivity (Wildman–Crippen MR) is 78.3 cm³/mol. The van der Waals surface area contributed by atoms with E-state index in [0.29, 0.717) is 24.6 Å². The maximum Gasteiger partial charge on any atom is 0.422 e. The third-order valence-electron chi connectivity index (χ3n) is 3.67. The number of ether oxygens (including phenoxy) is 1. The summed E-state index contributed by atoms with van der Waals surface area (Å²) in [5.74, 6) is 0.117. The molecule has 1 atom stereocenters. The Morgan fingerprint density at radius 1 is 1.48 bits per heavy atom. The molecule has 1 unspecified atom stereocenters. The van der Waals surface area contributed by atoms with Gasteiger partial charge in [-0.25, -0.2) is 4.98 Å². The first kappa shape index (κ1) is 17.5. The minimum Gasteiger partial charge on any atom is -0.468 e. The summed E-state index contributed by atoms with van der Waals surface area (Å²) in [4.78, 5) is 18.0. The molecule has 8 heteroatoms. The fourth-order valence-corrected chi connectivity index (χ4v) is 2.64. The largest absolute Gasteiger partial charge is 0.468 e. The van der Waals surface area contributed by atoms with E-state index in [0.717, 1.165) is 19.4 Å². The number of nitrogens with one attached hydrogen (secondary N) is 1. The quantitative estimate of drug-likeness (QED) is 0.898. The average molecular weight is 331 g/mol. The van der Waals surface area contributed by atoms with Gasteiger partial charge >= 0.3 is 6.18 Å². The molecular formula is C15H20F3N3O2. The SMILES string of the molecule is CNCC1CCCN(C(=O)c2ccc(OCC(F)(F)F)nc2)C1. The van der Waals surface area contributed by atoms with Gasteiger partial charge in [-0.15, -0.1) is 0 Å². The van der Waals surface area contributed by atoms with Crippen molar-refractivity contribution in [1.82, 2.24) is 15.2 Å². The topological polar surface area (TPSA) is 54.5 Å². The number of rotatable bonds is 5. The Balaban J connectivity index is 1.94. The Morgan fingerprint density at radius 3 is 2.87 bits per heavy atom. The van der Waals surface area contributed by atoms with Crippen LogP contribution in [0.15, 0.2) is 18.3 Å². The lowest BCUT2D eigenvalue weighted by Gasteiger charge is -2.32. The number of alkyl halides is 3. The fraction of sp³-hybridized carbons (Fsp3) is 0.600. The molecule has 23 heavy (non-hydrogen) atoms. The van der Waals surface area contributed by atoms with E-state index >= 15 is 0 Å². The molecule has 1 N–H and O–H groups in total. The van der Waals surface area contributed by atoms with Gasteiger partial charge < -0.3 is 15.0 Å². The highest BCUT2D eigenvalue weighted by atomic mass is 19.4. The van der Waals surface area contributed by atoms with Crippen LogP contribution in [-0.2, 0) is 0 Å². The molecule has 1 aliphatic rings. The van der Waals surface area contributed by atoms with Crippen LogP contribution in [0.25, 0.3) is 0 Å². The summed E-state index contributed by atoms with van der Waals surface area (Å²) in [6.45, 7) is 0.814. The third-order valence-corrected chi connectivity index (χ3v) is 3.67. The lowest BCUT2D eigenvalue weighted by molar-refractivity contribution is -0.154. The molecule has 1 aromatic heterocycles. The van der Waals surface area contributed by atoms with Crippen LogP contribution in [0.2, 0.25) is 0 Å². The zero-order valence-corrected chi connectivity index (χ0v) is 12.9. The van der Waals surface area contributed by atoms with Crippen LogP contribution in [0.1, 0.15) is 23.2 Å². The van der Waals surface area contributed by atoms with Crippen LogP contribution >= 0.6 is 0 Å². The van der Waals surface area contributed by atoms with Crippen LogP contribution in [0.5, 0.6) is 5.88 Å². The highest BCUT2D eigenvalue weighted by molar-refractivity contribution is 5.94. The first-order valence-corrected chi connectivity index (χ1v) is 7.48. The smallest absolute Gasteiger partial charge is 0.422 e. The summed E-state index contributed by atoms with van der Waals surface area (Å²) in [5, 5.41) is 3.11. The summed E-state index contributed by atoms with van der Waals surface area (Å²) < 4.78 is 40.7. The zero-order valence-electron chi connectivity index (χ0n) is 12.9. The lowest BCUT2D eigenvalue weighted by atomic mass is 9.97. The van der Waals surface area contributed by atoms with Crippen molar-refractivity contribution < 1.29 is 22.7 Å². The molecule has 0 aromatic carbocycles. The molecule has 1 aromatic rings. The first-order valence-electron chi connectivity index (χ1n) is 7.48.